The molecule has 0 saturated carbocycles. The van der Waals surface area contributed by atoms with Crippen molar-refractivity contribution in [3.05, 3.63) is 41.4 Å². The molecule has 1 aromatic rings. The first-order valence-corrected chi connectivity index (χ1v) is 8.88. The lowest BCUT2D eigenvalue weighted by molar-refractivity contribution is -0.118. The van der Waals surface area contributed by atoms with Crippen LogP contribution in [-0.2, 0) is 9.53 Å². The summed E-state index contributed by atoms with van der Waals surface area (Å²) in [7, 11) is 0. The van der Waals surface area contributed by atoms with E-state index < -0.39 is 0 Å². The summed E-state index contributed by atoms with van der Waals surface area (Å²) >= 11 is 0. The fraction of sp³-hybridized carbons (Fsp3) is 0.526. The van der Waals surface area contributed by atoms with Gasteiger partial charge in [0.2, 0.25) is 0 Å². The Morgan fingerprint density at radius 1 is 1.40 bits per heavy atom. The quantitative estimate of drug-likeness (QED) is 0.878. The number of rotatable bonds is 4. The van der Waals surface area contributed by atoms with Crippen LogP contribution in [0.25, 0.3) is 0 Å². The van der Waals surface area contributed by atoms with Gasteiger partial charge in [0.15, 0.2) is 0 Å². The summed E-state index contributed by atoms with van der Waals surface area (Å²) in [4.78, 5) is 14.5. The van der Waals surface area contributed by atoms with Crippen molar-refractivity contribution in [2.75, 3.05) is 24.6 Å². The highest BCUT2D eigenvalue weighted by molar-refractivity contribution is 5.93. The van der Waals surface area contributed by atoms with Gasteiger partial charge in [0.1, 0.15) is 5.82 Å². The molecule has 1 aromatic carbocycles. The Morgan fingerprint density at radius 2 is 2.16 bits per heavy atom. The van der Waals surface area contributed by atoms with Gasteiger partial charge in [-0.05, 0) is 50.8 Å². The highest BCUT2D eigenvalue weighted by atomic mass is 19.1. The minimum Gasteiger partial charge on any atom is -0.501 e. The van der Waals surface area contributed by atoms with Crippen molar-refractivity contribution in [3.63, 3.8) is 0 Å². The topological polar surface area (TPSA) is 61.8 Å². The summed E-state index contributed by atoms with van der Waals surface area (Å²) in [6, 6.07) is 4.36. The molecule has 25 heavy (non-hydrogen) atoms. The number of aliphatic hydroxyl groups excluding tert-OH is 1. The predicted octanol–water partition coefficient (Wildman–Crippen LogP) is 2.66. The number of carbonyl (C=O) groups is 1. The van der Waals surface area contributed by atoms with Crippen molar-refractivity contribution >= 4 is 11.6 Å². The monoisotopic (exact) mass is 348 g/mol. The van der Waals surface area contributed by atoms with Crippen molar-refractivity contribution in [2.24, 2.45) is 0 Å². The zero-order chi connectivity index (χ0) is 17.8. The van der Waals surface area contributed by atoms with Crippen LogP contribution < -0.4 is 10.2 Å². The molecule has 3 rings (SSSR count). The van der Waals surface area contributed by atoms with Crippen molar-refractivity contribution < 1.29 is 19.0 Å². The molecule has 0 bridgehead atoms. The first-order valence-electron chi connectivity index (χ1n) is 8.88. The number of amides is 1. The minimum absolute atomic E-state index is 0.170. The van der Waals surface area contributed by atoms with Gasteiger partial charge in [-0.15, -0.1) is 0 Å². The number of aliphatic hydroxyl groups is 1. The van der Waals surface area contributed by atoms with Crippen LogP contribution in [0.4, 0.5) is 10.1 Å². The maximum atomic E-state index is 13.8. The lowest BCUT2D eigenvalue weighted by Gasteiger charge is -2.34. The van der Waals surface area contributed by atoms with Gasteiger partial charge in [-0.1, -0.05) is 0 Å². The third-order valence-electron chi connectivity index (χ3n) is 4.83. The second-order valence-corrected chi connectivity index (χ2v) is 6.73. The zero-order valence-electron chi connectivity index (χ0n) is 14.5. The fourth-order valence-corrected chi connectivity index (χ4v) is 3.37. The number of halogens is 1. The Bertz CT molecular complexity index is 654. The molecule has 0 spiro atoms. The van der Waals surface area contributed by atoms with Crippen LogP contribution in [0.3, 0.4) is 0 Å². The zero-order valence-corrected chi connectivity index (χ0v) is 14.5. The molecule has 1 atom stereocenters. The Kier molecular flexibility index (Phi) is 5.58. The van der Waals surface area contributed by atoms with E-state index >= 15 is 0 Å². The predicted molar refractivity (Wildman–Crippen MR) is 93.7 cm³/mol. The number of hydrogen-bond donors (Lipinski definition) is 2. The third-order valence-corrected chi connectivity index (χ3v) is 4.83. The maximum absolute atomic E-state index is 13.8. The standard InChI is InChI=1S/C19H25FN2O3/c1-13(21-19(24)14-3-2-10-25-12-14)17-11-15(20)4-5-18(17)22-8-6-16(23)7-9-22/h4-5,11-13,16,23H,2-3,6-10H2,1H3,(H,21,24). The highest BCUT2D eigenvalue weighted by Crippen LogP contribution is 2.30. The Balaban J connectivity index is 1.76. The van der Waals surface area contributed by atoms with Gasteiger partial charge in [-0.25, -0.2) is 4.39 Å². The number of hydrogen-bond acceptors (Lipinski definition) is 4. The van der Waals surface area contributed by atoms with Gasteiger partial charge in [-0.3, -0.25) is 4.79 Å². The molecule has 6 heteroatoms. The molecular formula is C19H25FN2O3. The van der Waals surface area contributed by atoms with Crippen LogP contribution in [0.15, 0.2) is 30.0 Å². The Morgan fingerprint density at radius 3 is 2.84 bits per heavy atom. The van der Waals surface area contributed by atoms with Crippen LogP contribution in [0.5, 0.6) is 0 Å². The number of nitrogens with zero attached hydrogens (tertiary/aromatic N) is 1. The summed E-state index contributed by atoms with van der Waals surface area (Å²) in [5.41, 5.74) is 2.29. The third kappa shape index (κ3) is 4.31. The molecule has 1 fully saturated rings. The molecule has 0 radical (unpaired) electrons. The van der Waals surface area contributed by atoms with Crippen molar-refractivity contribution in [2.45, 2.75) is 44.8 Å². The van der Waals surface area contributed by atoms with Gasteiger partial charge >= 0.3 is 0 Å². The molecule has 2 aliphatic heterocycles. The van der Waals surface area contributed by atoms with E-state index in [1.165, 1.54) is 18.4 Å². The maximum Gasteiger partial charge on any atom is 0.250 e. The number of ether oxygens (including phenoxy) is 1. The summed E-state index contributed by atoms with van der Waals surface area (Å²) in [6.07, 6.45) is 4.16. The summed E-state index contributed by atoms with van der Waals surface area (Å²) in [5.74, 6) is -0.492. The van der Waals surface area contributed by atoms with Crippen LogP contribution in [0.2, 0.25) is 0 Å². The van der Waals surface area contributed by atoms with Crippen molar-refractivity contribution in [1.29, 1.82) is 0 Å². The van der Waals surface area contributed by atoms with E-state index in [4.69, 9.17) is 4.74 Å². The van der Waals surface area contributed by atoms with E-state index in [9.17, 15) is 14.3 Å². The summed E-state index contributed by atoms with van der Waals surface area (Å²) in [6.45, 7) is 3.94. The highest BCUT2D eigenvalue weighted by Gasteiger charge is 2.23. The first kappa shape index (κ1) is 17.7. The smallest absolute Gasteiger partial charge is 0.250 e. The Hall–Kier alpha value is -2.08. The van der Waals surface area contributed by atoms with Crippen LogP contribution in [-0.4, -0.2) is 36.8 Å². The Labute approximate surface area is 147 Å². The van der Waals surface area contributed by atoms with E-state index in [1.54, 1.807) is 6.07 Å². The molecule has 2 heterocycles. The molecule has 1 amide bonds. The van der Waals surface area contributed by atoms with E-state index in [2.05, 4.69) is 10.2 Å². The molecule has 0 aromatic heterocycles. The molecule has 2 N–H and O–H groups in total. The van der Waals surface area contributed by atoms with Gasteiger partial charge in [0.05, 0.1) is 30.6 Å². The lowest BCUT2D eigenvalue weighted by Crippen LogP contribution is -2.37. The summed E-state index contributed by atoms with van der Waals surface area (Å²) in [5, 5.41) is 12.6. The van der Waals surface area contributed by atoms with Crippen molar-refractivity contribution in [3.8, 4) is 0 Å². The van der Waals surface area contributed by atoms with Gasteiger partial charge < -0.3 is 20.1 Å². The number of carbonyl (C=O) groups excluding carboxylic acids is 1. The number of piperidine rings is 1. The van der Waals surface area contributed by atoms with Gasteiger partial charge in [-0.2, -0.15) is 0 Å². The molecular weight excluding hydrogens is 323 g/mol. The fourth-order valence-electron chi connectivity index (χ4n) is 3.37. The molecule has 1 saturated heterocycles. The summed E-state index contributed by atoms with van der Waals surface area (Å²) < 4.78 is 19.1. The van der Waals surface area contributed by atoms with Gasteiger partial charge in [0.25, 0.3) is 5.91 Å². The molecule has 0 aliphatic carbocycles. The number of benzene rings is 1. The average molecular weight is 348 g/mol. The second-order valence-electron chi connectivity index (χ2n) is 6.73. The molecule has 136 valence electrons. The van der Waals surface area contributed by atoms with E-state index in [0.29, 0.717) is 31.4 Å². The molecule has 5 nitrogen and oxygen atoms in total. The van der Waals surface area contributed by atoms with E-state index in [0.717, 1.165) is 30.8 Å². The number of nitrogens with one attached hydrogen (secondary N) is 1. The van der Waals surface area contributed by atoms with E-state index in [-0.39, 0.29) is 23.9 Å². The van der Waals surface area contributed by atoms with E-state index in [1.807, 2.05) is 6.92 Å². The minimum atomic E-state index is -0.326. The second kappa shape index (κ2) is 7.87. The molecule has 2 aliphatic rings. The van der Waals surface area contributed by atoms with Gasteiger partial charge in [0, 0.05) is 24.3 Å². The van der Waals surface area contributed by atoms with Crippen LogP contribution in [0.1, 0.15) is 44.2 Å². The molecule has 1 unspecified atom stereocenters. The largest absolute Gasteiger partial charge is 0.501 e. The SMILES string of the molecule is CC(NC(=O)C1=COCCC1)c1cc(F)ccc1N1CCC(O)CC1. The van der Waals surface area contributed by atoms with Crippen LogP contribution >= 0.6 is 0 Å². The lowest BCUT2D eigenvalue weighted by atomic mass is 10.0. The number of anilines is 1. The average Bonchev–Trinajstić information content (AvgIpc) is 2.63. The van der Waals surface area contributed by atoms with Crippen molar-refractivity contribution in [1.82, 2.24) is 5.32 Å². The van der Waals surface area contributed by atoms with Crippen LogP contribution in [0, 0.1) is 5.82 Å². The normalized spacial score (nSPS) is 19.8. The first-order chi connectivity index (χ1) is 12.0.